The summed E-state index contributed by atoms with van der Waals surface area (Å²) in [6.07, 6.45) is 10.6. The number of halogens is 2. The number of benzene rings is 4. The fraction of sp³-hybridized carbons (Fsp3) is 0.316. The monoisotopic (exact) mass is 684 g/mol. The maximum absolute atomic E-state index is 14.8. The molecule has 0 aromatic heterocycles. The molecule has 42 heavy (non-hydrogen) atoms. The zero-order valence-electron chi connectivity index (χ0n) is 24.6. The van der Waals surface area contributed by atoms with Crippen LogP contribution in [0.2, 0.25) is 0 Å². The molecule has 0 amide bonds. The number of hydrogen-bond acceptors (Lipinski definition) is 2. The van der Waals surface area contributed by atoms with Crippen molar-refractivity contribution in [3.63, 3.8) is 0 Å². The largest absolute Gasteiger partial charge is 0.289 e. The molecule has 0 bridgehead atoms. The molecule has 5 rings (SSSR count). The van der Waals surface area contributed by atoms with E-state index in [2.05, 4.69) is 57.8 Å². The van der Waals surface area contributed by atoms with Crippen LogP contribution in [0.4, 0.5) is 0 Å². The van der Waals surface area contributed by atoms with E-state index in [1.165, 1.54) is 12.8 Å². The van der Waals surface area contributed by atoms with Gasteiger partial charge in [0.05, 0.1) is 0 Å². The van der Waals surface area contributed by atoms with Crippen molar-refractivity contribution in [3.8, 4) is 22.3 Å². The molecule has 4 aromatic carbocycles. The lowest BCUT2D eigenvalue weighted by Gasteiger charge is -2.27. The van der Waals surface area contributed by atoms with Gasteiger partial charge in [-0.3, -0.25) is 9.59 Å². The zero-order chi connectivity index (χ0) is 29.6. The van der Waals surface area contributed by atoms with Crippen LogP contribution in [-0.2, 0) is 12.8 Å². The van der Waals surface area contributed by atoms with Crippen LogP contribution in [0.3, 0.4) is 0 Å². The number of rotatable bonds is 12. The first-order valence-corrected chi connectivity index (χ1v) is 17.0. The molecule has 0 spiro atoms. The third-order valence-corrected chi connectivity index (χ3v) is 9.46. The van der Waals surface area contributed by atoms with Crippen molar-refractivity contribution in [2.45, 2.75) is 78.1 Å². The summed E-state index contributed by atoms with van der Waals surface area (Å²) in [4.78, 5) is 29.6. The van der Waals surface area contributed by atoms with E-state index in [0.717, 1.165) is 93.7 Å². The standard InChI is InChI=1S/C38H38Br2O2/c1-3-5-7-9-11-27-13-14-28(12-10-8-6-4-2)34-33(27)37(41)35-31(25-15-19-29(39)20-16-25)23-24-32(36(35)38(34)42)26-17-21-30(40)22-18-26/h13-24H,3-12H2,1-2H3. The van der Waals surface area contributed by atoms with E-state index in [0.29, 0.717) is 22.3 Å². The molecule has 1 aliphatic carbocycles. The van der Waals surface area contributed by atoms with Gasteiger partial charge in [0.15, 0.2) is 11.6 Å². The fourth-order valence-electron chi connectivity index (χ4n) is 6.17. The van der Waals surface area contributed by atoms with Gasteiger partial charge in [-0.25, -0.2) is 0 Å². The second-order valence-electron chi connectivity index (χ2n) is 11.3. The molecule has 0 saturated heterocycles. The zero-order valence-corrected chi connectivity index (χ0v) is 27.7. The van der Waals surface area contributed by atoms with Crippen molar-refractivity contribution in [2.75, 3.05) is 0 Å². The number of carbonyl (C=O) groups is 2. The van der Waals surface area contributed by atoms with E-state index in [9.17, 15) is 9.59 Å². The smallest absolute Gasteiger partial charge is 0.195 e. The molecular weight excluding hydrogens is 648 g/mol. The number of unbranched alkanes of at least 4 members (excludes halogenated alkanes) is 6. The van der Waals surface area contributed by atoms with Crippen molar-refractivity contribution in [1.82, 2.24) is 0 Å². The van der Waals surface area contributed by atoms with Gasteiger partial charge < -0.3 is 0 Å². The van der Waals surface area contributed by atoms with Crippen LogP contribution in [-0.4, -0.2) is 11.6 Å². The van der Waals surface area contributed by atoms with Gasteiger partial charge in [-0.05, 0) is 83.3 Å². The van der Waals surface area contributed by atoms with Crippen LogP contribution < -0.4 is 0 Å². The number of hydrogen-bond donors (Lipinski definition) is 0. The molecule has 0 atom stereocenters. The first-order chi connectivity index (χ1) is 20.4. The van der Waals surface area contributed by atoms with Gasteiger partial charge in [-0.15, -0.1) is 0 Å². The van der Waals surface area contributed by atoms with E-state index in [1.54, 1.807) is 0 Å². The van der Waals surface area contributed by atoms with Gasteiger partial charge in [0.1, 0.15) is 0 Å². The summed E-state index contributed by atoms with van der Waals surface area (Å²) in [6, 6.07) is 24.3. The summed E-state index contributed by atoms with van der Waals surface area (Å²) in [5.41, 5.74) is 7.87. The summed E-state index contributed by atoms with van der Waals surface area (Å²) < 4.78 is 1.95. The highest BCUT2D eigenvalue weighted by Crippen LogP contribution is 2.42. The van der Waals surface area contributed by atoms with Crippen molar-refractivity contribution in [1.29, 1.82) is 0 Å². The number of ketones is 2. The molecule has 4 heteroatoms. The second-order valence-corrected chi connectivity index (χ2v) is 13.2. The molecule has 0 heterocycles. The number of aryl methyl sites for hydroxylation is 2. The maximum Gasteiger partial charge on any atom is 0.195 e. The molecule has 216 valence electrons. The minimum atomic E-state index is -0.0163. The Morgan fingerprint density at radius 1 is 0.452 bits per heavy atom. The lowest BCUT2D eigenvalue weighted by molar-refractivity contribution is 0.0978. The summed E-state index contributed by atoms with van der Waals surface area (Å²) in [7, 11) is 0. The van der Waals surface area contributed by atoms with Crippen LogP contribution in [0.25, 0.3) is 22.3 Å². The first-order valence-electron chi connectivity index (χ1n) is 15.4. The Labute approximate surface area is 267 Å². The Bertz CT molecular complexity index is 1460. The second kappa shape index (κ2) is 14.1. The summed E-state index contributed by atoms with van der Waals surface area (Å²) in [5, 5.41) is 0. The van der Waals surface area contributed by atoms with E-state index in [-0.39, 0.29) is 11.6 Å². The predicted molar refractivity (Wildman–Crippen MR) is 182 cm³/mol. The lowest BCUT2D eigenvalue weighted by atomic mass is 9.73. The Balaban J connectivity index is 1.72. The van der Waals surface area contributed by atoms with Gasteiger partial charge >= 0.3 is 0 Å². The van der Waals surface area contributed by atoms with E-state index < -0.39 is 0 Å². The van der Waals surface area contributed by atoms with E-state index in [4.69, 9.17) is 0 Å². The molecule has 0 N–H and O–H groups in total. The highest BCUT2D eigenvalue weighted by molar-refractivity contribution is 9.10. The average Bonchev–Trinajstić information content (AvgIpc) is 3.00. The van der Waals surface area contributed by atoms with Gasteiger partial charge in [0, 0.05) is 31.2 Å². The van der Waals surface area contributed by atoms with Crippen LogP contribution in [0.1, 0.15) is 108 Å². The lowest BCUT2D eigenvalue weighted by Crippen LogP contribution is -2.26. The molecule has 2 nitrogen and oxygen atoms in total. The predicted octanol–water partition coefficient (Wildman–Crippen LogP) is 11.6. The summed E-state index contributed by atoms with van der Waals surface area (Å²) >= 11 is 7.08. The quantitative estimate of drug-likeness (QED) is 0.122. The normalized spacial score (nSPS) is 12.4. The third kappa shape index (κ3) is 6.40. The van der Waals surface area contributed by atoms with E-state index in [1.807, 2.05) is 60.7 Å². The topological polar surface area (TPSA) is 34.1 Å². The average molecular weight is 687 g/mol. The molecular formula is C38H38Br2O2. The molecule has 0 aliphatic heterocycles. The van der Waals surface area contributed by atoms with Crippen molar-refractivity contribution in [3.05, 3.63) is 115 Å². The van der Waals surface area contributed by atoms with Gasteiger partial charge in [0.2, 0.25) is 0 Å². The number of fused-ring (bicyclic) bond motifs is 2. The van der Waals surface area contributed by atoms with Crippen LogP contribution in [0, 0.1) is 0 Å². The maximum atomic E-state index is 14.8. The highest BCUT2D eigenvalue weighted by atomic mass is 79.9. The van der Waals surface area contributed by atoms with Crippen molar-refractivity contribution >= 4 is 43.4 Å². The molecule has 1 aliphatic rings. The Kier molecular flexibility index (Phi) is 10.3. The number of carbonyl (C=O) groups excluding carboxylic acids is 2. The van der Waals surface area contributed by atoms with Crippen LogP contribution >= 0.6 is 31.9 Å². The minimum absolute atomic E-state index is 0.0163. The molecule has 0 saturated carbocycles. The van der Waals surface area contributed by atoms with Crippen LogP contribution in [0.5, 0.6) is 0 Å². The molecule has 0 unspecified atom stereocenters. The highest BCUT2D eigenvalue weighted by Gasteiger charge is 2.37. The summed E-state index contributed by atoms with van der Waals surface area (Å²) in [6.45, 7) is 4.42. The SMILES string of the molecule is CCCCCCc1ccc(CCCCCC)c2c1C(=O)c1c(-c3ccc(Br)cc3)ccc(-c3ccc(Br)cc3)c1C2=O. The Hall–Kier alpha value is -2.82. The Morgan fingerprint density at radius 3 is 1.19 bits per heavy atom. The third-order valence-electron chi connectivity index (χ3n) is 8.40. The van der Waals surface area contributed by atoms with Gasteiger partial charge in [-0.1, -0.05) is 133 Å². The van der Waals surface area contributed by atoms with Crippen molar-refractivity contribution < 1.29 is 9.59 Å². The Morgan fingerprint density at radius 2 is 0.833 bits per heavy atom. The first kappa shape index (κ1) is 30.6. The van der Waals surface area contributed by atoms with Gasteiger partial charge in [-0.2, -0.15) is 0 Å². The molecule has 4 aromatic rings. The molecule has 0 fully saturated rings. The van der Waals surface area contributed by atoms with E-state index >= 15 is 0 Å². The molecule has 0 radical (unpaired) electrons. The van der Waals surface area contributed by atoms with Gasteiger partial charge in [0.25, 0.3) is 0 Å². The fourth-order valence-corrected chi connectivity index (χ4v) is 6.70. The summed E-state index contributed by atoms with van der Waals surface area (Å²) in [5.74, 6) is -0.0326. The van der Waals surface area contributed by atoms with Crippen molar-refractivity contribution in [2.24, 2.45) is 0 Å². The van der Waals surface area contributed by atoms with Crippen LogP contribution in [0.15, 0.2) is 81.7 Å². The minimum Gasteiger partial charge on any atom is -0.289 e.